The SMILES string of the molecule is C[C@@H]1CC(=O)Nc2ccccc2N1C(=O)CN(C)Cc1cnn(-c2ccccc2)c1. The number of nitrogens with one attached hydrogen (secondary N) is 1. The average Bonchev–Trinajstić information content (AvgIpc) is 3.13. The predicted octanol–water partition coefficient (Wildman–Crippen LogP) is 3.07. The Hall–Kier alpha value is -3.45. The van der Waals surface area contributed by atoms with Crippen LogP contribution in [0.2, 0.25) is 0 Å². The Morgan fingerprint density at radius 2 is 1.90 bits per heavy atom. The molecule has 3 aromatic rings. The molecule has 1 aliphatic heterocycles. The van der Waals surface area contributed by atoms with Crippen LogP contribution in [0.5, 0.6) is 0 Å². The first-order valence-corrected chi connectivity index (χ1v) is 9.99. The number of likely N-dealkylation sites (N-methyl/N-ethyl adjacent to an activating group) is 1. The van der Waals surface area contributed by atoms with Crippen molar-refractivity contribution in [2.45, 2.75) is 25.9 Å². The topological polar surface area (TPSA) is 70.5 Å². The first-order chi connectivity index (χ1) is 14.5. The molecule has 0 saturated heterocycles. The molecule has 2 amide bonds. The summed E-state index contributed by atoms with van der Waals surface area (Å²) >= 11 is 0. The summed E-state index contributed by atoms with van der Waals surface area (Å²) in [6.07, 6.45) is 4.07. The van der Waals surface area contributed by atoms with Gasteiger partial charge in [-0.2, -0.15) is 5.10 Å². The van der Waals surface area contributed by atoms with Crippen LogP contribution < -0.4 is 10.2 Å². The third kappa shape index (κ3) is 4.26. The predicted molar refractivity (Wildman–Crippen MR) is 117 cm³/mol. The van der Waals surface area contributed by atoms with Gasteiger partial charge in [0.15, 0.2) is 0 Å². The van der Waals surface area contributed by atoms with Crippen LogP contribution in [0, 0.1) is 0 Å². The molecule has 4 rings (SSSR count). The third-order valence-electron chi connectivity index (χ3n) is 5.14. The van der Waals surface area contributed by atoms with Crippen LogP contribution in [0.4, 0.5) is 11.4 Å². The largest absolute Gasteiger partial charge is 0.324 e. The molecule has 0 saturated carbocycles. The molecule has 30 heavy (non-hydrogen) atoms. The molecule has 7 nitrogen and oxygen atoms in total. The summed E-state index contributed by atoms with van der Waals surface area (Å²) in [6, 6.07) is 17.1. The first kappa shape index (κ1) is 19.8. The van der Waals surface area contributed by atoms with E-state index in [0.29, 0.717) is 12.2 Å². The Morgan fingerprint density at radius 1 is 1.17 bits per heavy atom. The van der Waals surface area contributed by atoms with Crippen LogP contribution in [0.15, 0.2) is 67.0 Å². The van der Waals surface area contributed by atoms with E-state index in [2.05, 4.69) is 10.4 Å². The number of nitrogens with zero attached hydrogens (tertiary/aromatic N) is 4. The number of carbonyl (C=O) groups is 2. The zero-order valence-electron chi connectivity index (χ0n) is 17.2. The highest BCUT2D eigenvalue weighted by molar-refractivity contribution is 6.04. The van der Waals surface area contributed by atoms with Gasteiger partial charge in [0.1, 0.15) is 0 Å². The Balaban J connectivity index is 1.46. The van der Waals surface area contributed by atoms with Crippen molar-refractivity contribution in [1.29, 1.82) is 0 Å². The van der Waals surface area contributed by atoms with Gasteiger partial charge in [-0.25, -0.2) is 4.68 Å². The van der Waals surface area contributed by atoms with Crippen LogP contribution in [0.3, 0.4) is 0 Å². The van der Waals surface area contributed by atoms with Crippen LogP contribution in [-0.2, 0) is 16.1 Å². The zero-order chi connectivity index (χ0) is 21.1. The minimum absolute atomic E-state index is 0.0376. The maximum atomic E-state index is 13.2. The van der Waals surface area contributed by atoms with Crippen molar-refractivity contribution < 1.29 is 9.59 Å². The van der Waals surface area contributed by atoms with Gasteiger partial charge in [-0.1, -0.05) is 30.3 Å². The number of hydrogen-bond acceptors (Lipinski definition) is 4. The van der Waals surface area contributed by atoms with Crippen molar-refractivity contribution in [3.05, 3.63) is 72.6 Å². The fourth-order valence-electron chi connectivity index (χ4n) is 3.81. The van der Waals surface area contributed by atoms with Crippen LogP contribution in [-0.4, -0.2) is 46.1 Å². The minimum Gasteiger partial charge on any atom is -0.324 e. The van der Waals surface area contributed by atoms with Crippen molar-refractivity contribution in [2.24, 2.45) is 0 Å². The molecular weight excluding hydrogens is 378 g/mol. The number of carbonyl (C=O) groups excluding carboxylic acids is 2. The van der Waals surface area contributed by atoms with Crippen molar-refractivity contribution in [3.8, 4) is 5.69 Å². The van der Waals surface area contributed by atoms with Crippen LogP contribution in [0.25, 0.3) is 5.69 Å². The lowest BCUT2D eigenvalue weighted by atomic mass is 10.1. The van der Waals surface area contributed by atoms with Gasteiger partial charge in [0.05, 0.1) is 29.8 Å². The Labute approximate surface area is 175 Å². The normalized spacial score (nSPS) is 16.2. The molecule has 154 valence electrons. The van der Waals surface area contributed by atoms with E-state index < -0.39 is 0 Å². The number of aromatic nitrogens is 2. The Bertz CT molecular complexity index is 1050. The minimum atomic E-state index is -0.213. The molecular formula is C23H25N5O2. The summed E-state index contributed by atoms with van der Waals surface area (Å²) in [6.45, 7) is 2.74. The van der Waals surface area contributed by atoms with E-state index in [1.54, 1.807) is 4.90 Å². The Morgan fingerprint density at radius 3 is 2.70 bits per heavy atom. The second-order valence-electron chi connectivity index (χ2n) is 7.68. The Kier molecular flexibility index (Phi) is 5.63. The lowest BCUT2D eigenvalue weighted by molar-refractivity contribution is -0.120. The van der Waals surface area contributed by atoms with E-state index in [9.17, 15) is 9.59 Å². The quantitative estimate of drug-likeness (QED) is 0.711. The van der Waals surface area contributed by atoms with Gasteiger partial charge >= 0.3 is 0 Å². The summed E-state index contributed by atoms with van der Waals surface area (Å²) in [5, 5.41) is 7.31. The number of amides is 2. The van der Waals surface area contributed by atoms with Gasteiger partial charge in [0.2, 0.25) is 11.8 Å². The van der Waals surface area contributed by atoms with Crippen molar-refractivity contribution >= 4 is 23.2 Å². The highest BCUT2D eigenvalue weighted by Gasteiger charge is 2.29. The number of hydrogen-bond donors (Lipinski definition) is 1. The second kappa shape index (κ2) is 8.51. The molecule has 2 heterocycles. The average molecular weight is 403 g/mol. The van der Waals surface area contributed by atoms with Crippen molar-refractivity contribution in [2.75, 3.05) is 23.8 Å². The van der Waals surface area contributed by atoms with Crippen molar-refractivity contribution in [3.63, 3.8) is 0 Å². The lowest BCUT2D eigenvalue weighted by Crippen LogP contribution is -2.44. The van der Waals surface area contributed by atoms with Crippen LogP contribution in [0.1, 0.15) is 18.9 Å². The molecule has 7 heteroatoms. The van der Waals surface area contributed by atoms with Gasteiger partial charge in [-0.15, -0.1) is 0 Å². The highest BCUT2D eigenvalue weighted by Crippen LogP contribution is 2.31. The van der Waals surface area contributed by atoms with Gasteiger partial charge in [-0.05, 0) is 38.2 Å². The molecule has 0 unspecified atom stereocenters. The smallest absolute Gasteiger partial charge is 0.241 e. The monoisotopic (exact) mass is 403 g/mol. The van der Waals surface area contributed by atoms with E-state index in [1.807, 2.05) is 90.5 Å². The summed E-state index contributed by atoms with van der Waals surface area (Å²) in [5.74, 6) is -0.115. The summed E-state index contributed by atoms with van der Waals surface area (Å²) in [5.41, 5.74) is 3.43. The molecule has 0 aliphatic carbocycles. The van der Waals surface area contributed by atoms with E-state index in [1.165, 1.54) is 0 Å². The molecule has 1 N–H and O–H groups in total. The number of fused-ring (bicyclic) bond motifs is 1. The lowest BCUT2D eigenvalue weighted by Gasteiger charge is -2.29. The fraction of sp³-hybridized carbons (Fsp3) is 0.261. The molecule has 1 aromatic heterocycles. The van der Waals surface area contributed by atoms with Gasteiger partial charge in [-0.3, -0.25) is 14.5 Å². The van der Waals surface area contributed by atoms with E-state index in [0.717, 1.165) is 16.9 Å². The molecule has 0 spiro atoms. The first-order valence-electron chi connectivity index (χ1n) is 9.99. The zero-order valence-corrected chi connectivity index (χ0v) is 17.2. The second-order valence-corrected chi connectivity index (χ2v) is 7.68. The van der Waals surface area contributed by atoms with Gasteiger partial charge in [0.25, 0.3) is 0 Å². The van der Waals surface area contributed by atoms with Crippen molar-refractivity contribution in [1.82, 2.24) is 14.7 Å². The standard InChI is InChI=1S/C23H25N5O2/c1-17-12-22(29)25-20-10-6-7-11-21(20)28(17)23(30)16-26(2)14-18-13-24-27(15-18)19-8-4-3-5-9-19/h3-11,13,15,17H,12,14,16H2,1-2H3,(H,25,29)/t17-/m1/s1. The summed E-state index contributed by atoms with van der Waals surface area (Å²) in [7, 11) is 1.91. The maximum Gasteiger partial charge on any atom is 0.241 e. The third-order valence-corrected chi connectivity index (χ3v) is 5.14. The summed E-state index contributed by atoms with van der Waals surface area (Å²) in [4.78, 5) is 29.0. The van der Waals surface area contributed by atoms with E-state index in [4.69, 9.17) is 0 Å². The molecule has 0 bridgehead atoms. The highest BCUT2D eigenvalue weighted by atomic mass is 16.2. The molecule has 1 atom stereocenters. The number of para-hydroxylation sites is 3. The van der Waals surface area contributed by atoms with Gasteiger partial charge < -0.3 is 10.2 Å². The van der Waals surface area contributed by atoms with Gasteiger partial charge in [0, 0.05) is 30.8 Å². The number of rotatable bonds is 5. The molecule has 0 radical (unpaired) electrons. The maximum absolute atomic E-state index is 13.2. The molecule has 1 aliphatic rings. The number of anilines is 2. The van der Waals surface area contributed by atoms with E-state index in [-0.39, 0.29) is 30.8 Å². The molecule has 0 fully saturated rings. The molecule has 2 aromatic carbocycles. The fourth-order valence-corrected chi connectivity index (χ4v) is 3.81. The number of benzene rings is 2. The van der Waals surface area contributed by atoms with Crippen LogP contribution >= 0.6 is 0 Å². The summed E-state index contributed by atoms with van der Waals surface area (Å²) < 4.78 is 1.83. The van der Waals surface area contributed by atoms with E-state index >= 15 is 0 Å².